The first-order valence-corrected chi connectivity index (χ1v) is 8.57. The molecule has 2 aliphatic heterocycles. The van der Waals surface area contributed by atoms with E-state index in [0.717, 1.165) is 0 Å². The normalized spacial score (nSPS) is 19.5. The summed E-state index contributed by atoms with van der Waals surface area (Å²) in [5.74, 6) is 2.52. The molecule has 0 radical (unpaired) electrons. The summed E-state index contributed by atoms with van der Waals surface area (Å²) in [5, 5.41) is 8.11. The number of hydrogen-bond acceptors (Lipinski definition) is 6. The van der Waals surface area contributed by atoms with E-state index in [1.54, 1.807) is 12.1 Å². The van der Waals surface area contributed by atoms with Crippen molar-refractivity contribution in [2.24, 2.45) is 10.2 Å². The number of methoxy groups -OCH3 is 1. The molecular formula is C19H21N3O4. The number of hydrogen-bond donors (Lipinski definition) is 0. The maximum Gasteiger partial charge on any atom is 0.333 e. The topological polar surface area (TPSA) is 80.6 Å². The standard InChI is InChI=1S/C19H21N3O4/c1-3-4-10-19(20-21-19)11-9-16(23)22-12-13-26-15-8-6-5-7-14(15)17(22)18(24)25-2/h1,5-8,17H,4,9-13H2,2H3. The van der Waals surface area contributed by atoms with Gasteiger partial charge < -0.3 is 14.4 Å². The number of amides is 1. The first-order valence-electron chi connectivity index (χ1n) is 8.57. The maximum atomic E-state index is 12.9. The van der Waals surface area contributed by atoms with Gasteiger partial charge in [0.15, 0.2) is 11.7 Å². The van der Waals surface area contributed by atoms with Crippen molar-refractivity contribution in [3.63, 3.8) is 0 Å². The molecule has 1 atom stereocenters. The number of nitrogens with zero attached hydrogens (tertiary/aromatic N) is 3. The lowest BCUT2D eigenvalue weighted by Gasteiger charge is -2.28. The number of fused-ring (bicyclic) bond motifs is 1. The molecule has 1 aromatic rings. The number of carbonyl (C=O) groups is 2. The van der Waals surface area contributed by atoms with Crippen molar-refractivity contribution < 1.29 is 19.1 Å². The molecule has 7 heteroatoms. The summed E-state index contributed by atoms with van der Waals surface area (Å²) in [6.07, 6.45) is 7.22. The van der Waals surface area contributed by atoms with Gasteiger partial charge in [-0.3, -0.25) is 4.79 Å². The molecule has 0 aliphatic carbocycles. The number of rotatable bonds is 6. The van der Waals surface area contributed by atoms with Crippen LogP contribution in [0.5, 0.6) is 5.75 Å². The molecule has 0 fully saturated rings. The Morgan fingerprint density at radius 3 is 2.85 bits per heavy atom. The van der Waals surface area contributed by atoms with Crippen molar-refractivity contribution in [3.8, 4) is 18.1 Å². The third kappa shape index (κ3) is 3.69. The van der Waals surface area contributed by atoms with Gasteiger partial charge in [0, 0.05) is 31.2 Å². The quantitative estimate of drug-likeness (QED) is 0.580. The van der Waals surface area contributed by atoms with Crippen molar-refractivity contribution in [3.05, 3.63) is 29.8 Å². The Morgan fingerprint density at radius 1 is 1.38 bits per heavy atom. The van der Waals surface area contributed by atoms with Crippen molar-refractivity contribution >= 4 is 11.9 Å². The van der Waals surface area contributed by atoms with Gasteiger partial charge in [0.2, 0.25) is 5.91 Å². The smallest absolute Gasteiger partial charge is 0.333 e. The molecule has 0 saturated heterocycles. The van der Waals surface area contributed by atoms with Gasteiger partial charge in [-0.2, -0.15) is 10.2 Å². The van der Waals surface area contributed by atoms with E-state index in [1.807, 2.05) is 12.1 Å². The van der Waals surface area contributed by atoms with Crippen molar-refractivity contribution in [1.82, 2.24) is 4.90 Å². The minimum absolute atomic E-state index is 0.155. The Hall–Kier alpha value is -2.88. The molecule has 7 nitrogen and oxygen atoms in total. The van der Waals surface area contributed by atoms with Crippen molar-refractivity contribution in [2.45, 2.75) is 37.4 Å². The van der Waals surface area contributed by atoms with E-state index >= 15 is 0 Å². The molecule has 2 aliphatic rings. The van der Waals surface area contributed by atoms with E-state index in [4.69, 9.17) is 15.9 Å². The van der Waals surface area contributed by atoms with Crippen LogP contribution in [0.25, 0.3) is 0 Å². The monoisotopic (exact) mass is 355 g/mol. The molecule has 1 aromatic carbocycles. The van der Waals surface area contributed by atoms with Gasteiger partial charge >= 0.3 is 5.97 Å². The Morgan fingerprint density at radius 2 is 2.15 bits per heavy atom. The fourth-order valence-corrected chi connectivity index (χ4v) is 3.14. The van der Waals surface area contributed by atoms with E-state index in [-0.39, 0.29) is 12.3 Å². The van der Waals surface area contributed by atoms with Crippen LogP contribution in [0, 0.1) is 12.3 Å². The van der Waals surface area contributed by atoms with E-state index in [2.05, 4.69) is 16.1 Å². The first-order chi connectivity index (χ1) is 12.6. The summed E-state index contributed by atoms with van der Waals surface area (Å²) in [6.45, 7) is 0.617. The molecule has 26 heavy (non-hydrogen) atoms. The highest BCUT2D eigenvalue weighted by atomic mass is 16.5. The van der Waals surface area contributed by atoms with Crippen molar-refractivity contribution in [1.29, 1.82) is 0 Å². The highest BCUT2D eigenvalue weighted by Crippen LogP contribution is 2.39. The lowest BCUT2D eigenvalue weighted by Crippen LogP contribution is -2.40. The van der Waals surface area contributed by atoms with Crippen LogP contribution >= 0.6 is 0 Å². The Balaban J connectivity index is 1.75. The van der Waals surface area contributed by atoms with Crippen molar-refractivity contribution in [2.75, 3.05) is 20.3 Å². The molecule has 0 bridgehead atoms. The van der Waals surface area contributed by atoms with Crippen LogP contribution in [0.2, 0.25) is 0 Å². The SMILES string of the molecule is C#CCCC1(CCC(=O)N2CCOc3ccccc3C2C(=O)OC)N=N1. The van der Waals surface area contributed by atoms with Crippen LogP contribution in [0.1, 0.15) is 37.3 Å². The summed E-state index contributed by atoms with van der Waals surface area (Å²) >= 11 is 0. The predicted molar refractivity (Wildman–Crippen MR) is 93.3 cm³/mol. The summed E-state index contributed by atoms with van der Waals surface area (Å²) in [7, 11) is 1.32. The molecule has 0 saturated carbocycles. The summed E-state index contributed by atoms with van der Waals surface area (Å²) < 4.78 is 10.6. The maximum absolute atomic E-state index is 12.9. The molecule has 3 rings (SSSR count). The zero-order valence-electron chi connectivity index (χ0n) is 14.7. The molecule has 1 amide bonds. The second kappa shape index (κ2) is 7.56. The summed E-state index contributed by atoms with van der Waals surface area (Å²) in [6, 6.07) is 6.39. The van der Waals surface area contributed by atoms with Gasteiger partial charge in [-0.15, -0.1) is 12.3 Å². The Kier molecular flexibility index (Phi) is 5.21. The van der Waals surface area contributed by atoms with Gasteiger partial charge in [0.1, 0.15) is 12.4 Å². The largest absolute Gasteiger partial charge is 0.491 e. The summed E-state index contributed by atoms with van der Waals surface area (Å²) in [5.41, 5.74) is 0.108. The zero-order chi connectivity index (χ0) is 18.6. The minimum Gasteiger partial charge on any atom is -0.491 e. The number of terminal acetylenes is 1. The Labute approximate surface area is 152 Å². The second-order valence-corrected chi connectivity index (χ2v) is 6.29. The minimum atomic E-state index is -0.819. The molecule has 0 aromatic heterocycles. The second-order valence-electron chi connectivity index (χ2n) is 6.29. The Bertz CT molecular complexity index is 762. The number of para-hydroxylation sites is 1. The number of benzene rings is 1. The van der Waals surface area contributed by atoms with Gasteiger partial charge in [0.25, 0.3) is 0 Å². The lowest BCUT2D eigenvalue weighted by molar-refractivity contribution is -0.153. The van der Waals surface area contributed by atoms with Crippen LogP contribution < -0.4 is 4.74 Å². The zero-order valence-corrected chi connectivity index (χ0v) is 14.7. The predicted octanol–water partition coefficient (Wildman–Crippen LogP) is 2.48. The molecule has 136 valence electrons. The molecule has 2 heterocycles. The lowest BCUT2D eigenvalue weighted by atomic mass is 10.00. The highest BCUT2D eigenvalue weighted by Gasteiger charge is 2.41. The molecule has 0 spiro atoms. The average Bonchev–Trinajstić information content (AvgIpc) is 3.46. The first kappa shape index (κ1) is 17.9. The highest BCUT2D eigenvalue weighted by molar-refractivity contribution is 5.86. The van der Waals surface area contributed by atoms with Crippen LogP contribution in [0.3, 0.4) is 0 Å². The van der Waals surface area contributed by atoms with Crippen LogP contribution in [-0.2, 0) is 14.3 Å². The third-order valence-electron chi connectivity index (χ3n) is 4.65. The van der Waals surface area contributed by atoms with Crippen LogP contribution in [0.4, 0.5) is 0 Å². The average molecular weight is 355 g/mol. The fraction of sp³-hybridized carbons (Fsp3) is 0.474. The molecular weight excluding hydrogens is 334 g/mol. The fourth-order valence-electron chi connectivity index (χ4n) is 3.14. The van der Waals surface area contributed by atoms with E-state index in [0.29, 0.717) is 43.7 Å². The number of ether oxygens (including phenoxy) is 2. The number of carbonyl (C=O) groups excluding carboxylic acids is 2. The number of esters is 1. The van der Waals surface area contributed by atoms with E-state index in [9.17, 15) is 9.59 Å². The van der Waals surface area contributed by atoms with Gasteiger partial charge in [-0.25, -0.2) is 4.79 Å². The van der Waals surface area contributed by atoms with E-state index < -0.39 is 17.7 Å². The van der Waals surface area contributed by atoms with Gasteiger partial charge in [-0.05, 0) is 6.07 Å². The summed E-state index contributed by atoms with van der Waals surface area (Å²) in [4.78, 5) is 26.8. The van der Waals surface area contributed by atoms with Gasteiger partial charge in [0.05, 0.1) is 13.7 Å². The van der Waals surface area contributed by atoms with Crippen LogP contribution in [0.15, 0.2) is 34.5 Å². The third-order valence-corrected chi connectivity index (χ3v) is 4.65. The molecule has 1 unspecified atom stereocenters. The molecule has 0 N–H and O–H groups in total. The van der Waals surface area contributed by atoms with E-state index in [1.165, 1.54) is 12.0 Å². The van der Waals surface area contributed by atoms with Gasteiger partial charge in [-0.1, -0.05) is 18.2 Å². The van der Waals surface area contributed by atoms with Crippen LogP contribution in [-0.4, -0.2) is 42.7 Å².